The smallest absolute Gasteiger partial charge is 0.0574 e. The molecule has 0 saturated carbocycles. The first-order valence-corrected chi connectivity index (χ1v) is 6.14. The minimum atomic E-state index is 0. The van der Waals surface area contributed by atoms with Crippen LogP contribution in [0.3, 0.4) is 0 Å². The molecule has 0 bridgehead atoms. The normalized spacial score (nSPS) is 18.9. The molecule has 16 heavy (non-hydrogen) atoms. The standard InChI is InChI=1S/C11H16BrN3.ClH/c12-9-1-2-10(15-7-9)11(13)8-3-5-14-6-4-8;/h1-2,7-8,11,14H,3-6,13H2;1H/t11-;/m1./s1. The molecule has 0 spiro atoms. The van der Waals surface area contributed by atoms with Gasteiger partial charge in [-0.05, 0) is 59.9 Å². The summed E-state index contributed by atoms with van der Waals surface area (Å²) >= 11 is 3.38. The molecule has 1 fully saturated rings. The van der Waals surface area contributed by atoms with Crippen molar-refractivity contribution in [3.8, 4) is 0 Å². The van der Waals surface area contributed by atoms with Crippen LogP contribution < -0.4 is 11.1 Å². The van der Waals surface area contributed by atoms with Crippen molar-refractivity contribution >= 4 is 28.3 Å². The van der Waals surface area contributed by atoms with Gasteiger partial charge in [-0.25, -0.2) is 0 Å². The van der Waals surface area contributed by atoms with Crippen LogP contribution in [0.1, 0.15) is 24.6 Å². The number of halogens is 2. The van der Waals surface area contributed by atoms with E-state index in [9.17, 15) is 0 Å². The second-order valence-electron chi connectivity index (χ2n) is 4.01. The summed E-state index contributed by atoms with van der Waals surface area (Å²) in [5.74, 6) is 0.569. The van der Waals surface area contributed by atoms with Crippen LogP contribution in [-0.4, -0.2) is 18.1 Å². The fourth-order valence-corrected chi connectivity index (χ4v) is 2.26. The lowest BCUT2D eigenvalue weighted by Gasteiger charge is -2.27. The summed E-state index contributed by atoms with van der Waals surface area (Å²) in [6, 6.07) is 4.10. The topological polar surface area (TPSA) is 50.9 Å². The van der Waals surface area contributed by atoms with E-state index in [0.29, 0.717) is 5.92 Å². The van der Waals surface area contributed by atoms with Crippen molar-refractivity contribution < 1.29 is 0 Å². The van der Waals surface area contributed by atoms with E-state index in [4.69, 9.17) is 5.73 Å². The third-order valence-corrected chi connectivity index (χ3v) is 3.45. The maximum Gasteiger partial charge on any atom is 0.0574 e. The molecule has 1 aliphatic heterocycles. The lowest BCUT2D eigenvalue weighted by molar-refractivity contribution is 0.318. The zero-order valence-electron chi connectivity index (χ0n) is 9.03. The Bertz CT molecular complexity index is 312. The van der Waals surface area contributed by atoms with Crippen molar-refractivity contribution in [3.63, 3.8) is 0 Å². The summed E-state index contributed by atoms with van der Waals surface area (Å²) in [4.78, 5) is 4.36. The predicted molar refractivity (Wildman–Crippen MR) is 71.7 cm³/mol. The summed E-state index contributed by atoms with van der Waals surface area (Å²) in [5, 5.41) is 3.35. The summed E-state index contributed by atoms with van der Waals surface area (Å²) < 4.78 is 1.00. The van der Waals surface area contributed by atoms with Gasteiger partial charge in [-0.2, -0.15) is 0 Å². The molecule has 0 amide bonds. The second-order valence-corrected chi connectivity index (χ2v) is 4.93. The molecule has 1 aliphatic rings. The summed E-state index contributed by atoms with van der Waals surface area (Å²) in [7, 11) is 0. The molecule has 1 aromatic heterocycles. The number of rotatable bonds is 2. The third-order valence-electron chi connectivity index (χ3n) is 2.98. The number of aromatic nitrogens is 1. The predicted octanol–water partition coefficient (Wildman–Crippen LogP) is 2.27. The van der Waals surface area contributed by atoms with Gasteiger partial charge in [-0.3, -0.25) is 4.98 Å². The highest BCUT2D eigenvalue weighted by Crippen LogP contribution is 2.25. The van der Waals surface area contributed by atoms with E-state index in [1.807, 2.05) is 18.3 Å². The molecule has 3 nitrogen and oxygen atoms in total. The van der Waals surface area contributed by atoms with Crippen molar-refractivity contribution in [3.05, 3.63) is 28.5 Å². The van der Waals surface area contributed by atoms with Crippen molar-refractivity contribution in [2.75, 3.05) is 13.1 Å². The van der Waals surface area contributed by atoms with Crippen LogP contribution in [0.15, 0.2) is 22.8 Å². The van der Waals surface area contributed by atoms with Gasteiger partial charge in [0.2, 0.25) is 0 Å². The van der Waals surface area contributed by atoms with Gasteiger partial charge in [-0.15, -0.1) is 12.4 Å². The zero-order chi connectivity index (χ0) is 10.7. The summed E-state index contributed by atoms with van der Waals surface area (Å²) in [6.45, 7) is 2.16. The highest BCUT2D eigenvalue weighted by atomic mass is 79.9. The Kier molecular flexibility index (Phi) is 5.69. The van der Waals surface area contributed by atoms with Crippen molar-refractivity contribution in [2.24, 2.45) is 11.7 Å². The van der Waals surface area contributed by atoms with Gasteiger partial charge in [0.1, 0.15) is 0 Å². The number of hydrogen-bond donors (Lipinski definition) is 2. The Balaban J connectivity index is 0.00000128. The number of piperidine rings is 1. The van der Waals surface area contributed by atoms with E-state index in [1.165, 1.54) is 0 Å². The van der Waals surface area contributed by atoms with Crippen molar-refractivity contribution in [2.45, 2.75) is 18.9 Å². The molecule has 5 heteroatoms. The number of pyridine rings is 1. The highest BCUT2D eigenvalue weighted by molar-refractivity contribution is 9.10. The first-order chi connectivity index (χ1) is 7.27. The molecule has 0 aromatic carbocycles. The number of hydrogen-bond acceptors (Lipinski definition) is 3. The minimum Gasteiger partial charge on any atom is -0.322 e. The Morgan fingerprint density at radius 3 is 2.62 bits per heavy atom. The van der Waals surface area contributed by atoms with Crippen LogP contribution >= 0.6 is 28.3 Å². The van der Waals surface area contributed by atoms with Gasteiger partial charge in [0.05, 0.1) is 5.69 Å². The Morgan fingerprint density at radius 1 is 1.38 bits per heavy atom. The average Bonchev–Trinajstić information content (AvgIpc) is 2.30. The van der Waals surface area contributed by atoms with E-state index in [2.05, 4.69) is 26.2 Å². The third kappa shape index (κ3) is 3.42. The van der Waals surface area contributed by atoms with E-state index in [0.717, 1.165) is 36.1 Å². The largest absolute Gasteiger partial charge is 0.322 e. The zero-order valence-corrected chi connectivity index (χ0v) is 11.4. The molecule has 0 aliphatic carbocycles. The first kappa shape index (κ1) is 13.9. The molecule has 0 radical (unpaired) electrons. The number of nitrogens with zero attached hydrogens (tertiary/aromatic N) is 1. The van der Waals surface area contributed by atoms with Gasteiger partial charge >= 0.3 is 0 Å². The molecule has 1 saturated heterocycles. The lowest BCUT2D eigenvalue weighted by atomic mass is 9.89. The van der Waals surface area contributed by atoms with Gasteiger partial charge < -0.3 is 11.1 Å². The molecule has 0 unspecified atom stereocenters. The van der Waals surface area contributed by atoms with Crippen molar-refractivity contribution in [1.29, 1.82) is 0 Å². The first-order valence-electron chi connectivity index (χ1n) is 5.35. The van der Waals surface area contributed by atoms with Crippen LogP contribution in [0.2, 0.25) is 0 Å². The molecule has 2 heterocycles. The Hall–Kier alpha value is -0.160. The maximum absolute atomic E-state index is 6.21. The van der Waals surface area contributed by atoms with E-state index >= 15 is 0 Å². The Labute approximate surface area is 111 Å². The second kappa shape index (κ2) is 6.55. The van der Waals surface area contributed by atoms with Crippen LogP contribution in [-0.2, 0) is 0 Å². The Morgan fingerprint density at radius 2 is 2.06 bits per heavy atom. The molecule has 2 rings (SSSR count). The fraction of sp³-hybridized carbons (Fsp3) is 0.545. The lowest BCUT2D eigenvalue weighted by Crippen LogP contribution is -2.34. The maximum atomic E-state index is 6.21. The van der Waals surface area contributed by atoms with Gasteiger partial charge in [0.15, 0.2) is 0 Å². The monoisotopic (exact) mass is 305 g/mol. The molecular formula is C11H17BrClN3. The fourth-order valence-electron chi connectivity index (χ4n) is 2.03. The molecule has 1 aromatic rings. The van der Waals surface area contributed by atoms with Gasteiger partial charge in [0, 0.05) is 16.7 Å². The van der Waals surface area contributed by atoms with Gasteiger partial charge in [-0.1, -0.05) is 0 Å². The summed E-state index contributed by atoms with van der Waals surface area (Å²) in [5.41, 5.74) is 7.22. The molecular weight excluding hydrogens is 289 g/mol. The van der Waals surface area contributed by atoms with Crippen molar-refractivity contribution in [1.82, 2.24) is 10.3 Å². The highest BCUT2D eigenvalue weighted by Gasteiger charge is 2.22. The van der Waals surface area contributed by atoms with E-state index in [-0.39, 0.29) is 18.4 Å². The minimum absolute atomic E-state index is 0. The van der Waals surface area contributed by atoms with Crippen LogP contribution in [0, 0.1) is 5.92 Å². The van der Waals surface area contributed by atoms with E-state index in [1.54, 1.807) is 0 Å². The summed E-state index contributed by atoms with van der Waals surface area (Å²) in [6.07, 6.45) is 4.12. The quantitative estimate of drug-likeness (QED) is 0.881. The molecule has 3 N–H and O–H groups in total. The average molecular weight is 307 g/mol. The van der Waals surface area contributed by atoms with Crippen LogP contribution in [0.5, 0.6) is 0 Å². The SMILES string of the molecule is Cl.N[C@@H](c1ccc(Br)cn1)C1CCNCC1. The van der Waals surface area contributed by atoms with Gasteiger partial charge in [0.25, 0.3) is 0 Å². The van der Waals surface area contributed by atoms with E-state index < -0.39 is 0 Å². The molecule has 1 atom stereocenters. The number of nitrogens with one attached hydrogen (secondary N) is 1. The van der Waals surface area contributed by atoms with Crippen LogP contribution in [0.4, 0.5) is 0 Å². The molecule has 90 valence electrons. The van der Waals surface area contributed by atoms with Crippen LogP contribution in [0.25, 0.3) is 0 Å². The number of nitrogens with two attached hydrogens (primary N) is 1.